The predicted molar refractivity (Wildman–Crippen MR) is 103 cm³/mol. The van der Waals surface area contributed by atoms with Gasteiger partial charge in [0, 0.05) is 11.1 Å². The van der Waals surface area contributed by atoms with Crippen LogP contribution in [0.15, 0.2) is 65.3 Å². The number of rotatable bonds is 7. The smallest absolute Gasteiger partial charge is 0.287 e. The number of ether oxygens (including phenoxy) is 2. The molecule has 27 heavy (non-hydrogen) atoms. The molecular formula is C22H23NO4. The van der Waals surface area contributed by atoms with Gasteiger partial charge in [-0.1, -0.05) is 35.9 Å². The summed E-state index contributed by atoms with van der Waals surface area (Å²) in [5.41, 5.74) is 2.71. The normalized spacial score (nSPS) is 11.7. The molecule has 3 rings (SSSR count). The first-order valence-corrected chi connectivity index (χ1v) is 8.78. The molecule has 0 aliphatic heterocycles. The minimum atomic E-state index is -0.289. The highest BCUT2D eigenvalue weighted by atomic mass is 16.5. The van der Waals surface area contributed by atoms with Crippen LogP contribution < -0.4 is 14.8 Å². The zero-order chi connectivity index (χ0) is 19.2. The number of methoxy groups -OCH3 is 1. The number of nitrogens with one attached hydrogen (secondary N) is 1. The first-order valence-electron chi connectivity index (χ1n) is 8.78. The number of benzene rings is 2. The van der Waals surface area contributed by atoms with Crippen molar-refractivity contribution in [2.24, 2.45) is 0 Å². The van der Waals surface area contributed by atoms with Crippen molar-refractivity contribution in [1.82, 2.24) is 5.32 Å². The molecule has 5 nitrogen and oxygen atoms in total. The van der Waals surface area contributed by atoms with Gasteiger partial charge in [-0.05, 0) is 38.1 Å². The number of carbonyl (C=O) groups excluding carboxylic acids is 1. The lowest BCUT2D eigenvalue weighted by molar-refractivity contribution is 0.0908. The Morgan fingerprint density at radius 1 is 1.15 bits per heavy atom. The van der Waals surface area contributed by atoms with E-state index < -0.39 is 0 Å². The Bertz CT molecular complexity index is 902. The summed E-state index contributed by atoms with van der Waals surface area (Å²) in [4.78, 5) is 12.7. The third-order valence-electron chi connectivity index (χ3n) is 4.29. The third-order valence-corrected chi connectivity index (χ3v) is 4.29. The van der Waals surface area contributed by atoms with Crippen molar-refractivity contribution in [1.29, 1.82) is 0 Å². The van der Waals surface area contributed by atoms with Gasteiger partial charge >= 0.3 is 0 Å². The van der Waals surface area contributed by atoms with Crippen LogP contribution in [0.25, 0.3) is 0 Å². The van der Waals surface area contributed by atoms with Gasteiger partial charge in [-0.25, -0.2) is 0 Å². The topological polar surface area (TPSA) is 60.7 Å². The number of para-hydroxylation sites is 1. The summed E-state index contributed by atoms with van der Waals surface area (Å²) in [6.07, 6.45) is 1.50. The number of hydrogen-bond acceptors (Lipinski definition) is 4. The Balaban J connectivity index is 1.70. The molecular weight excluding hydrogens is 342 g/mol. The molecule has 2 aromatic carbocycles. The average molecular weight is 365 g/mol. The zero-order valence-electron chi connectivity index (χ0n) is 15.7. The molecule has 0 spiro atoms. The SMILES string of the molecule is COc1ccc(C)cc1C(C)NC(=O)c1occc1COc1ccccc1. The molecule has 1 atom stereocenters. The molecule has 0 fully saturated rings. The van der Waals surface area contributed by atoms with Crippen molar-refractivity contribution >= 4 is 5.91 Å². The highest BCUT2D eigenvalue weighted by molar-refractivity contribution is 5.93. The molecule has 140 valence electrons. The van der Waals surface area contributed by atoms with Crippen molar-refractivity contribution in [3.63, 3.8) is 0 Å². The summed E-state index contributed by atoms with van der Waals surface area (Å²) < 4.78 is 16.5. The van der Waals surface area contributed by atoms with E-state index in [-0.39, 0.29) is 24.3 Å². The van der Waals surface area contributed by atoms with Crippen molar-refractivity contribution in [2.75, 3.05) is 7.11 Å². The van der Waals surface area contributed by atoms with Crippen LogP contribution in [-0.4, -0.2) is 13.0 Å². The molecule has 1 N–H and O–H groups in total. The van der Waals surface area contributed by atoms with Crippen LogP contribution in [0.1, 0.15) is 40.2 Å². The van der Waals surface area contributed by atoms with Crippen molar-refractivity contribution < 1.29 is 18.7 Å². The molecule has 1 amide bonds. The van der Waals surface area contributed by atoms with Crippen LogP contribution in [-0.2, 0) is 6.61 Å². The fourth-order valence-electron chi connectivity index (χ4n) is 2.86. The van der Waals surface area contributed by atoms with Crippen molar-refractivity contribution in [3.05, 3.63) is 83.3 Å². The third kappa shape index (κ3) is 4.50. The Kier molecular flexibility index (Phi) is 5.81. The number of furan rings is 1. The molecule has 1 unspecified atom stereocenters. The minimum absolute atomic E-state index is 0.236. The highest BCUT2D eigenvalue weighted by Crippen LogP contribution is 2.26. The summed E-state index contributed by atoms with van der Waals surface area (Å²) in [5, 5.41) is 2.97. The number of carbonyl (C=O) groups is 1. The van der Waals surface area contributed by atoms with E-state index in [2.05, 4.69) is 5.32 Å². The number of aryl methyl sites for hydroxylation is 1. The summed E-state index contributed by atoms with van der Waals surface area (Å²) in [6, 6.07) is 16.8. The van der Waals surface area contributed by atoms with Gasteiger partial charge < -0.3 is 19.2 Å². The molecule has 0 aliphatic carbocycles. The maximum absolute atomic E-state index is 12.7. The average Bonchev–Trinajstić information content (AvgIpc) is 3.16. The van der Waals surface area contributed by atoms with Gasteiger partial charge in [-0.3, -0.25) is 4.79 Å². The maximum atomic E-state index is 12.7. The van der Waals surface area contributed by atoms with Crippen molar-refractivity contribution in [3.8, 4) is 11.5 Å². The lowest BCUT2D eigenvalue weighted by Crippen LogP contribution is -2.27. The maximum Gasteiger partial charge on any atom is 0.287 e. The van der Waals surface area contributed by atoms with Gasteiger partial charge in [0.05, 0.1) is 19.4 Å². The fraction of sp³-hybridized carbons (Fsp3) is 0.227. The van der Waals surface area contributed by atoms with E-state index >= 15 is 0 Å². The van der Waals surface area contributed by atoms with Crippen LogP contribution in [0.5, 0.6) is 11.5 Å². The van der Waals surface area contributed by atoms with Crippen LogP contribution in [0.2, 0.25) is 0 Å². The van der Waals surface area contributed by atoms with Crippen molar-refractivity contribution in [2.45, 2.75) is 26.5 Å². The van der Waals surface area contributed by atoms with Gasteiger partial charge in [-0.15, -0.1) is 0 Å². The number of amides is 1. The molecule has 0 saturated heterocycles. The Labute approximate surface area is 158 Å². The van der Waals surface area contributed by atoms with E-state index in [1.165, 1.54) is 6.26 Å². The minimum Gasteiger partial charge on any atom is -0.496 e. The number of hydrogen-bond donors (Lipinski definition) is 1. The van der Waals surface area contributed by atoms with E-state index in [0.717, 1.165) is 22.6 Å². The second kappa shape index (κ2) is 8.45. The molecule has 3 aromatic rings. The molecule has 0 bridgehead atoms. The van der Waals surface area contributed by atoms with Gasteiger partial charge in [-0.2, -0.15) is 0 Å². The lowest BCUT2D eigenvalue weighted by atomic mass is 10.0. The zero-order valence-corrected chi connectivity index (χ0v) is 15.7. The van der Waals surface area contributed by atoms with E-state index in [1.54, 1.807) is 13.2 Å². The second-order valence-electron chi connectivity index (χ2n) is 6.32. The van der Waals surface area contributed by atoms with Crippen LogP contribution in [0.3, 0.4) is 0 Å². The molecule has 5 heteroatoms. The van der Waals surface area contributed by atoms with Gasteiger partial charge in [0.25, 0.3) is 5.91 Å². The Hall–Kier alpha value is -3.21. The van der Waals surface area contributed by atoms with E-state index in [4.69, 9.17) is 13.9 Å². The van der Waals surface area contributed by atoms with Gasteiger partial charge in [0.15, 0.2) is 5.76 Å². The molecule has 1 heterocycles. The monoisotopic (exact) mass is 365 g/mol. The molecule has 1 aromatic heterocycles. The summed E-state index contributed by atoms with van der Waals surface area (Å²) >= 11 is 0. The first kappa shape index (κ1) is 18.6. The molecule has 0 saturated carbocycles. The van der Waals surface area contributed by atoms with E-state index in [9.17, 15) is 4.79 Å². The summed E-state index contributed by atoms with van der Waals surface area (Å²) in [5.74, 6) is 1.44. The quantitative estimate of drug-likeness (QED) is 0.661. The second-order valence-corrected chi connectivity index (χ2v) is 6.32. The van der Waals surface area contributed by atoms with Gasteiger partial charge in [0.1, 0.15) is 18.1 Å². The summed E-state index contributed by atoms with van der Waals surface area (Å²) in [7, 11) is 1.62. The predicted octanol–water partition coefficient (Wildman–Crippen LogP) is 4.67. The standard InChI is InChI=1S/C22H23NO4/c1-15-9-10-20(25-3)19(13-15)16(2)23-22(24)21-17(11-12-26-21)14-27-18-7-5-4-6-8-18/h4-13,16H,14H2,1-3H3,(H,23,24). The largest absolute Gasteiger partial charge is 0.496 e. The Morgan fingerprint density at radius 2 is 1.93 bits per heavy atom. The van der Waals surface area contributed by atoms with Crippen LogP contribution >= 0.6 is 0 Å². The highest BCUT2D eigenvalue weighted by Gasteiger charge is 2.20. The van der Waals surface area contributed by atoms with E-state index in [0.29, 0.717) is 5.56 Å². The Morgan fingerprint density at radius 3 is 2.67 bits per heavy atom. The molecule has 0 aliphatic rings. The van der Waals surface area contributed by atoms with Crippen LogP contribution in [0.4, 0.5) is 0 Å². The van der Waals surface area contributed by atoms with Crippen LogP contribution in [0, 0.1) is 6.92 Å². The van der Waals surface area contributed by atoms with Gasteiger partial charge in [0.2, 0.25) is 0 Å². The van der Waals surface area contributed by atoms with E-state index in [1.807, 2.05) is 62.4 Å². The fourth-order valence-corrected chi connectivity index (χ4v) is 2.86. The first-order chi connectivity index (χ1) is 13.1. The lowest BCUT2D eigenvalue weighted by Gasteiger charge is -2.18. The molecule has 0 radical (unpaired) electrons. The summed E-state index contributed by atoms with van der Waals surface area (Å²) in [6.45, 7) is 4.17.